The van der Waals surface area contributed by atoms with E-state index in [9.17, 15) is 4.79 Å². The van der Waals surface area contributed by atoms with Crippen LogP contribution >= 0.6 is 0 Å². The molecule has 2 aliphatic heterocycles. The fourth-order valence-corrected chi connectivity index (χ4v) is 4.50. The van der Waals surface area contributed by atoms with Gasteiger partial charge in [0.25, 0.3) is 0 Å². The van der Waals surface area contributed by atoms with Gasteiger partial charge in [0.15, 0.2) is 0 Å². The van der Waals surface area contributed by atoms with Gasteiger partial charge in [-0.1, -0.05) is 18.2 Å². The molecule has 0 radical (unpaired) electrons. The van der Waals surface area contributed by atoms with Gasteiger partial charge >= 0.3 is 0 Å². The summed E-state index contributed by atoms with van der Waals surface area (Å²) in [4.78, 5) is 22.7. The van der Waals surface area contributed by atoms with Gasteiger partial charge in [-0.15, -0.1) is 0 Å². The largest absolute Gasteiger partial charge is 0.384 e. The Bertz CT molecular complexity index is 1120. The molecule has 0 spiro atoms. The molecule has 0 aliphatic carbocycles. The van der Waals surface area contributed by atoms with Crippen molar-refractivity contribution in [3.05, 3.63) is 53.9 Å². The summed E-state index contributed by atoms with van der Waals surface area (Å²) in [5.41, 5.74) is 10.3. The zero-order valence-corrected chi connectivity index (χ0v) is 17.7. The molecule has 2 aromatic carbocycles. The van der Waals surface area contributed by atoms with Crippen LogP contribution in [0.3, 0.4) is 0 Å². The fourth-order valence-electron chi connectivity index (χ4n) is 4.50. The molecule has 9 nitrogen and oxygen atoms in total. The summed E-state index contributed by atoms with van der Waals surface area (Å²) < 4.78 is 5.33. The number of aromatic nitrogens is 2. The number of aromatic amines is 1. The van der Waals surface area contributed by atoms with E-state index in [-0.39, 0.29) is 23.8 Å². The second-order valence-corrected chi connectivity index (χ2v) is 8.23. The highest BCUT2D eigenvalue weighted by molar-refractivity contribution is 6.04. The Kier molecular flexibility index (Phi) is 5.40. The lowest BCUT2D eigenvalue weighted by atomic mass is 10.1. The minimum atomic E-state index is -0.0854. The maximum absolute atomic E-state index is 12.4. The maximum Gasteiger partial charge on any atom is 0.225 e. The second-order valence-electron chi connectivity index (χ2n) is 8.23. The van der Waals surface area contributed by atoms with Gasteiger partial charge in [0, 0.05) is 31.7 Å². The number of para-hydroxylation sites is 3. The van der Waals surface area contributed by atoms with E-state index in [1.165, 1.54) is 0 Å². The van der Waals surface area contributed by atoms with Crippen LogP contribution in [0.25, 0.3) is 11.0 Å². The molecule has 2 atom stereocenters. The summed E-state index contributed by atoms with van der Waals surface area (Å²) in [5, 5.41) is 14.6. The van der Waals surface area contributed by atoms with E-state index < -0.39 is 0 Å². The quantitative estimate of drug-likeness (QED) is 0.285. The number of fused-ring (bicyclic) bond motifs is 2. The number of anilines is 2. The molecule has 2 aliphatic rings. The Balaban J connectivity index is 1.36. The van der Waals surface area contributed by atoms with Crippen LogP contribution in [-0.2, 0) is 16.0 Å². The Morgan fingerprint density at radius 2 is 2.16 bits per heavy atom. The number of benzene rings is 2. The van der Waals surface area contributed by atoms with Gasteiger partial charge in [-0.2, -0.15) is 0 Å². The minimum absolute atomic E-state index is 0.0187. The third-order valence-electron chi connectivity index (χ3n) is 6.09. The first-order valence-electron chi connectivity index (χ1n) is 10.9. The van der Waals surface area contributed by atoms with E-state index in [0.29, 0.717) is 38.3 Å². The van der Waals surface area contributed by atoms with Crippen LogP contribution in [0.5, 0.6) is 0 Å². The predicted octanol–water partition coefficient (Wildman–Crippen LogP) is 1.80. The number of nitrogen functional groups attached to an aromatic ring is 1. The Hall–Kier alpha value is -3.59. The first-order chi connectivity index (χ1) is 15.6. The summed E-state index contributed by atoms with van der Waals surface area (Å²) in [5.74, 6) is 0.852. The van der Waals surface area contributed by atoms with E-state index in [1.807, 2.05) is 42.5 Å². The summed E-state index contributed by atoms with van der Waals surface area (Å²) in [6, 6.07) is 13.7. The molecule has 2 unspecified atom stereocenters. The van der Waals surface area contributed by atoms with Crippen molar-refractivity contribution in [3.8, 4) is 0 Å². The number of amides is 1. The number of hydrogen-bond donors (Lipinski definition) is 5. The average Bonchev–Trinajstić information content (AvgIpc) is 3.52. The van der Waals surface area contributed by atoms with Crippen molar-refractivity contribution < 1.29 is 9.53 Å². The van der Waals surface area contributed by atoms with E-state index >= 15 is 0 Å². The number of H-pyrrole nitrogens is 1. The number of imidazole rings is 1. The first-order valence-corrected chi connectivity index (χ1v) is 10.9. The molecule has 32 heavy (non-hydrogen) atoms. The van der Waals surface area contributed by atoms with Crippen molar-refractivity contribution in [2.24, 2.45) is 11.7 Å². The van der Waals surface area contributed by atoms with E-state index in [1.54, 1.807) is 0 Å². The lowest BCUT2D eigenvalue weighted by Crippen LogP contribution is -2.44. The smallest absolute Gasteiger partial charge is 0.225 e. The Morgan fingerprint density at radius 1 is 1.28 bits per heavy atom. The molecule has 6 N–H and O–H groups in total. The molecule has 166 valence electrons. The normalized spacial score (nSPS) is 19.7. The number of ether oxygens (including phenoxy) is 1. The van der Waals surface area contributed by atoms with Crippen molar-refractivity contribution >= 4 is 34.2 Å². The number of nitrogens with one attached hydrogen (secondary N) is 4. The van der Waals surface area contributed by atoms with Gasteiger partial charge in [-0.25, -0.2) is 4.98 Å². The lowest BCUT2D eigenvalue weighted by molar-refractivity contribution is -0.124. The average molecular weight is 434 g/mol. The van der Waals surface area contributed by atoms with Crippen LogP contribution in [0, 0.1) is 11.3 Å². The number of carbonyl (C=O) groups is 1. The molecule has 1 amide bonds. The van der Waals surface area contributed by atoms with E-state index in [4.69, 9.17) is 20.9 Å². The molecule has 5 rings (SSSR count). The van der Waals surface area contributed by atoms with Gasteiger partial charge in [-0.05, 0) is 30.7 Å². The van der Waals surface area contributed by atoms with Crippen molar-refractivity contribution in [1.29, 1.82) is 5.41 Å². The summed E-state index contributed by atoms with van der Waals surface area (Å²) in [6.07, 6.45) is 1.31. The van der Waals surface area contributed by atoms with Crippen molar-refractivity contribution in [2.45, 2.75) is 19.0 Å². The van der Waals surface area contributed by atoms with Crippen molar-refractivity contribution in [2.75, 3.05) is 36.5 Å². The molecule has 1 fully saturated rings. The molecule has 1 aromatic heterocycles. The van der Waals surface area contributed by atoms with Gasteiger partial charge < -0.3 is 31.0 Å². The zero-order chi connectivity index (χ0) is 22.1. The first kappa shape index (κ1) is 20.3. The minimum Gasteiger partial charge on any atom is -0.384 e. The van der Waals surface area contributed by atoms with Gasteiger partial charge in [0.1, 0.15) is 17.8 Å². The van der Waals surface area contributed by atoms with Crippen LogP contribution in [-0.4, -0.2) is 54.2 Å². The molecular weight excluding hydrogens is 406 g/mol. The predicted molar refractivity (Wildman–Crippen MR) is 124 cm³/mol. The number of nitrogens with two attached hydrogens (primary N) is 1. The zero-order valence-electron chi connectivity index (χ0n) is 17.7. The number of amidine groups is 1. The van der Waals surface area contributed by atoms with E-state index in [0.717, 1.165) is 34.7 Å². The van der Waals surface area contributed by atoms with Crippen LogP contribution in [0.15, 0.2) is 42.5 Å². The van der Waals surface area contributed by atoms with Gasteiger partial charge in [-0.3, -0.25) is 10.2 Å². The summed E-state index contributed by atoms with van der Waals surface area (Å²) >= 11 is 0. The highest BCUT2D eigenvalue weighted by Gasteiger charge is 2.32. The Labute approximate surface area is 185 Å². The highest BCUT2D eigenvalue weighted by atomic mass is 16.5. The van der Waals surface area contributed by atoms with Crippen LogP contribution < -0.4 is 21.3 Å². The molecule has 3 aromatic rings. The molecule has 3 heterocycles. The third kappa shape index (κ3) is 3.87. The van der Waals surface area contributed by atoms with Crippen molar-refractivity contribution in [3.63, 3.8) is 0 Å². The topological polar surface area (TPSA) is 132 Å². The molecule has 0 bridgehead atoms. The third-order valence-corrected chi connectivity index (χ3v) is 6.09. The second kappa shape index (κ2) is 8.51. The van der Waals surface area contributed by atoms with Gasteiger partial charge in [0.2, 0.25) is 5.91 Å². The van der Waals surface area contributed by atoms with Crippen LogP contribution in [0.1, 0.15) is 17.8 Å². The molecule has 1 saturated heterocycles. The summed E-state index contributed by atoms with van der Waals surface area (Å²) in [6.45, 7) is 2.19. The van der Waals surface area contributed by atoms with Crippen LogP contribution in [0.2, 0.25) is 0 Å². The number of carbonyl (C=O) groups excluding carboxylic acids is 1. The van der Waals surface area contributed by atoms with Gasteiger partial charge in [0.05, 0.1) is 34.9 Å². The monoisotopic (exact) mass is 433 g/mol. The maximum atomic E-state index is 12.4. The molecule has 9 heteroatoms. The highest BCUT2D eigenvalue weighted by Crippen LogP contribution is 2.38. The fraction of sp³-hybridized carbons (Fsp3) is 0.348. The van der Waals surface area contributed by atoms with Crippen molar-refractivity contribution in [1.82, 2.24) is 15.3 Å². The Morgan fingerprint density at radius 3 is 2.94 bits per heavy atom. The molecule has 0 saturated carbocycles. The number of nitrogens with zero attached hydrogens (tertiary/aromatic N) is 2. The SMILES string of the molecule is N=C(N)c1cccc2c1N(CCNC(=O)C1CCOC1)C(Cc1nc3ccccc3[nH]1)N2. The standard InChI is InChI=1S/C23H27N7O2/c24-22(25)15-4-3-7-18-21(15)30(10-9-26-23(31)14-8-11-32-13-14)20(29-18)12-19-27-16-5-1-2-6-17(16)28-19/h1-7,14,20,29H,8-13H2,(H3,24,25)(H,26,31)(H,27,28). The molecular formula is C23H27N7O2. The summed E-state index contributed by atoms with van der Waals surface area (Å²) in [7, 11) is 0. The van der Waals surface area contributed by atoms with Crippen LogP contribution in [0.4, 0.5) is 11.4 Å². The van der Waals surface area contributed by atoms with E-state index in [2.05, 4.69) is 20.5 Å². The lowest BCUT2D eigenvalue weighted by Gasteiger charge is -2.28. The number of rotatable bonds is 7. The number of hydrogen-bond acceptors (Lipinski definition) is 6.